The van der Waals surface area contributed by atoms with Crippen molar-refractivity contribution in [3.05, 3.63) is 36.2 Å². The van der Waals surface area contributed by atoms with Crippen LogP contribution >= 0.6 is 11.8 Å². The molecule has 122 valence electrons. The van der Waals surface area contributed by atoms with Crippen molar-refractivity contribution < 1.29 is 4.79 Å². The third-order valence-corrected chi connectivity index (χ3v) is 5.09. The van der Waals surface area contributed by atoms with Gasteiger partial charge in [-0.15, -0.1) is 10.2 Å². The van der Waals surface area contributed by atoms with Gasteiger partial charge in [0.15, 0.2) is 5.16 Å². The van der Waals surface area contributed by atoms with Gasteiger partial charge >= 0.3 is 0 Å². The maximum absolute atomic E-state index is 12.4. The van der Waals surface area contributed by atoms with Gasteiger partial charge in [0, 0.05) is 18.8 Å². The molecule has 1 saturated heterocycles. The Kier molecular flexibility index (Phi) is 5.00. The average molecular weight is 330 g/mol. The van der Waals surface area contributed by atoms with Crippen LogP contribution in [0.15, 0.2) is 35.7 Å². The van der Waals surface area contributed by atoms with Gasteiger partial charge in [0.1, 0.15) is 6.33 Å². The number of piperidine rings is 1. The minimum Gasteiger partial charge on any atom is -0.342 e. The molecule has 3 rings (SSSR count). The molecule has 1 aromatic heterocycles. The van der Waals surface area contributed by atoms with Crippen LogP contribution in [-0.4, -0.2) is 44.4 Å². The number of benzene rings is 1. The molecule has 5 nitrogen and oxygen atoms in total. The zero-order chi connectivity index (χ0) is 16.2. The second-order valence-corrected chi connectivity index (χ2v) is 7.14. The molecule has 1 atom stereocenters. The molecule has 1 unspecified atom stereocenters. The van der Waals surface area contributed by atoms with Gasteiger partial charge < -0.3 is 4.90 Å². The van der Waals surface area contributed by atoms with Crippen LogP contribution in [0.2, 0.25) is 0 Å². The molecule has 0 N–H and O–H groups in total. The van der Waals surface area contributed by atoms with Crippen LogP contribution in [0, 0.1) is 12.8 Å². The van der Waals surface area contributed by atoms with Gasteiger partial charge in [-0.05, 0) is 37.8 Å². The first kappa shape index (κ1) is 16.1. The summed E-state index contributed by atoms with van der Waals surface area (Å²) in [7, 11) is 0. The molecule has 6 heteroatoms. The number of thioether (sulfide) groups is 1. The monoisotopic (exact) mass is 330 g/mol. The molecule has 0 saturated carbocycles. The molecule has 1 amide bonds. The van der Waals surface area contributed by atoms with E-state index in [0.29, 0.717) is 11.7 Å². The van der Waals surface area contributed by atoms with Gasteiger partial charge in [-0.2, -0.15) is 0 Å². The number of amides is 1. The highest BCUT2D eigenvalue weighted by Gasteiger charge is 2.21. The zero-order valence-corrected chi connectivity index (χ0v) is 14.4. The predicted molar refractivity (Wildman–Crippen MR) is 91.8 cm³/mol. The van der Waals surface area contributed by atoms with Crippen LogP contribution in [0.3, 0.4) is 0 Å². The Hall–Kier alpha value is -1.82. The molecular weight excluding hydrogens is 308 g/mol. The molecule has 0 spiro atoms. The van der Waals surface area contributed by atoms with Gasteiger partial charge in [0.05, 0.1) is 5.75 Å². The number of carbonyl (C=O) groups is 1. The molecule has 1 aliphatic rings. The Labute approximate surface area is 141 Å². The number of carbonyl (C=O) groups excluding carboxylic acids is 1. The Morgan fingerprint density at radius 2 is 2.13 bits per heavy atom. The number of aryl methyl sites for hydroxylation is 1. The molecule has 23 heavy (non-hydrogen) atoms. The molecule has 1 aliphatic heterocycles. The van der Waals surface area contributed by atoms with E-state index in [4.69, 9.17) is 0 Å². The summed E-state index contributed by atoms with van der Waals surface area (Å²) in [6.07, 6.45) is 4.02. The van der Waals surface area contributed by atoms with Gasteiger partial charge in [-0.1, -0.05) is 36.4 Å². The number of hydrogen-bond acceptors (Lipinski definition) is 4. The van der Waals surface area contributed by atoms with Crippen molar-refractivity contribution in [2.24, 2.45) is 5.92 Å². The molecular formula is C17H22N4OS. The van der Waals surface area contributed by atoms with Crippen molar-refractivity contribution in [2.75, 3.05) is 18.8 Å². The third kappa shape index (κ3) is 3.93. The fourth-order valence-electron chi connectivity index (χ4n) is 2.84. The number of aromatic nitrogens is 3. The lowest BCUT2D eigenvalue weighted by atomic mass is 10.0. The van der Waals surface area contributed by atoms with Crippen LogP contribution < -0.4 is 0 Å². The number of hydrogen-bond donors (Lipinski definition) is 0. The lowest BCUT2D eigenvalue weighted by Gasteiger charge is -2.30. The molecule has 2 aromatic rings. The Morgan fingerprint density at radius 1 is 1.35 bits per heavy atom. The standard InChI is InChI=1S/C17H22N4OS/c1-13-5-7-15(8-6-13)21-12-18-19-17(21)23-11-16(22)20-9-3-4-14(2)10-20/h5-8,12,14H,3-4,9-11H2,1-2H3. The van der Waals surface area contributed by atoms with E-state index in [1.807, 2.05) is 21.6 Å². The Balaban J connectivity index is 1.64. The highest BCUT2D eigenvalue weighted by atomic mass is 32.2. The van der Waals surface area contributed by atoms with E-state index < -0.39 is 0 Å². The molecule has 1 fully saturated rings. The Morgan fingerprint density at radius 3 is 2.87 bits per heavy atom. The SMILES string of the molecule is Cc1ccc(-n2cnnc2SCC(=O)N2CCCC(C)C2)cc1. The minimum absolute atomic E-state index is 0.194. The summed E-state index contributed by atoms with van der Waals surface area (Å²) < 4.78 is 1.93. The fourth-order valence-corrected chi connectivity index (χ4v) is 3.67. The molecule has 2 heterocycles. The van der Waals surface area contributed by atoms with Crippen LogP contribution in [0.5, 0.6) is 0 Å². The van der Waals surface area contributed by atoms with Crippen molar-refractivity contribution in [1.29, 1.82) is 0 Å². The first-order chi connectivity index (χ1) is 11.1. The van der Waals surface area contributed by atoms with Crippen molar-refractivity contribution in [1.82, 2.24) is 19.7 Å². The highest BCUT2D eigenvalue weighted by Crippen LogP contribution is 2.22. The summed E-state index contributed by atoms with van der Waals surface area (Å²) in [6.45, 7) is 6.03. The first-order valence-electron chi connectivity index (χ1n) is 8.01. The molecule has 0 bridgehead atoms. The minimum atomic E-state index is 0.194. The van der Waals surface area contributed by atoms with Crippen LogP contribution in [0.4, 0.5) is 0 Å². The zero-order valence-electron chi connectivity index (χ0n) is 13.6. The smallest absolute Gasteiger partial charge is 0.233 e. The van der Waals surface area contributed by atoms with E-state index in [0.717, 1.165) is 30.4 Å². The summed E-state index contributed by atoms with van der Waals surface area (Å²) in [5, 5.41) is 8.90. The van der Waals surface area contributed by atoms with Crippen molar-refractivity contribution in [3.63, 3.8) is 0 Å². The van der Waals surface area contributed by atoms with Gasteiger partial charge in [-0.3, -0.25) is 9.36 Å². The van der Waals surface area contributed by atoms with E-state index in [1.54, 1.807) is 6.33 Å². The average Bonchev–Trinajstić information content (AvgIpc) is 3.02. The summed E-state index contributed by atoms with van der Waals surface area (Å²) in [5.74, 6) is 1.21. The van der Waals surface area contributed by atoms with Gasteiger partial charge in [0.2, 0.25) is 5.91 Å². The second kappa shape index (κ2) is 7.17. The van der Waals surface area contributed by atoms with E-state index in [1.165, 1.54) is 23.7 Å². The molecule has 1 aromatic carbocycles. The van der Waals surface area contributed by atoms with E-state index in [2.05, 4.69) is 36.2 Å². The highest BCUT2D eigenvalue weighted by molar-refractivity contribution is 7.99. The van der Waals surface area contributed by atoms with Crippen LogP contribution in [0.25, 0.3) is 5.69 Å². The second-order valence-electron chi connectivity index (χ2n) is 6.19. The summed E-state index contributed by atoms with van der Waals surface area (Å²) in [5.41, 5.74) is 2.23. The summed E-state index contributed by atoms with van der Waals surface area (Å²) in [4.78, 5) is 14.4. The summed E-state index contributed by atoms with van der Waals surface area (Å²) >= 11 is 1.45. The maximum atomic E-state index is 12.4. The van der Waals surface area contributed by atoms with Crippen molar-refractivity contribution >= 4 is 17.7 Å². The number of rotatable bonds is 4. The largest absolute Gasteiger partial charge is 0.342 e. The maximum Gasteiger partial charge on any atom is 0.233 e. The fraction of sp³-hybridized carbons (Fsp3) is 0.471. The van der Waals surface area contributed by atoms with Gasteiger partial charge in [-0.25, -0.2) is 0 Å². The lowest BCUT2D eigenvalue weighted by molar-refractivity contribution is -0.130. The number of likely N-dealkylation sites (tertiary alicyclic amines) is 1. The Bertz CT molecular complexity index is 667. The normalized spacial score (nSPS) is 18.2. The van der Waals surface area contributed by atoms with Crippen LogP contribution in [0.1, 0.15) is 25.3 Å². The summed E-state index contributed by atoms with van der Waals surface area (Å²) in [6, 6.07) is 8.20. The first-order valence-corrected chi connectivity index (χ1v) is 8.99. The number of nitrogens with zero attached hydrogens (tertiary/aromatic N) is 4. The molecule has 0 aliphatic carbocycles. The van der Waals surface area contributed by atoms with Crippen molar-refractivity contribution in [3.8, 4) is 5.69 Å². The van der Waals surface area contributed by atoms with E-state index in [-0.39, 0.29) is 5.91 Å². The quantitative estimate of drug-likeness (QED) is 0.809. The molecule has 0 radical (unpaired) electrons. The predicted octanol–water partition coefficient (Wildman–Crippen LogP) is 2.93. The van der Waals surface area contributed by atoms with E-state index in [9.17, 15) is 4.79 Å². The van der Waals surface area contributed by atoms with Gasteiger partial charge in [0.25, 0.3) is 0 Å². The topological polar surface area (TPSA) is 51.0 Å². The lowest BCUT2D eigenvalue weighted by Crippen LogP contribution is -2.40. The van der Waals surface area contributed by atoms with Crippen LogP contribution in [-0.2, 0) is 4.79 Å². The van der Waals surface area contributed by atoms with Crippen molar-refractivity contribution in [2.45, 2.75) is 31.8 Å². The third-order valence-electron chi connectivity index (χ3n) is 4.16. The van der Waals surface area contributed by atoms with E-state index >= 15 is 0 Å².